The van der Waals surface area contributed by atoms with Gasteiger partial charge in [0, 0.05) is 28.7 Å². The fourth-order valence-corrected chi connectivity index (χ4v) is 3.32. The van der Waals surface area contributed by atoms with Gasteiger partial charge in [-0.15, -0.1) is 0 Å². The van der Waals surface area contributed by atoms with Crippen molar-refractivity contribution < 1.29 is 4.79 Å². The predicted molar refractivity (Wildman–Crippen MR) is 110 cm³/mol. The average Bonchev–Trinajstić information content (AvgIpc) is 2.63. The van der Waals surface area contributed by atoms with E-state index in [2.05, 4.69) is 74.6 Å². The first-order valence-electron chi connectivity index (χ1n) is 10.1. The van der Waals surface area contributed by atoms with Crippen molar-refractivity contribution in [2.24, 2.45) is 23.7 Å². The van der Waals surface area contributed by atoms with Crippen LogP contribution in [0.3, 0.4) is 0 Å². The van der Waals surface area contributed by atoms with Crippen LogP contribution in [0.1, 0.15) is 83.1 Å². The minimum Gasteiger partial charge on any atom is -0.360 e. The first-order valence-corrected chi connectivity index (χ1v) is 10.1. The molecule has 1 amide bonds. The second-order valence-electron chi connectivity index (χ2n) is 8.14. The van der Waals surface area contributed by atoms with Crippen molar-refractivity contribution in [3.8, 4) is 0 Å². The van der Waals surface area contributed by atoms with Gasteiger partial charge in [-0.05, 0) is 37.5 Å². The second-order valence-corrected chi connectivity index (χ2v) is 8.14. The number of hydrogen-bond donors (Lipinski definition) is 1. The molecule has 146 valence electrons. The largest absolute Gasteiger partial charge is 0.360 e. The molecule has 1 rings (SSSR count). The molecule has 1 aliphatic rings. The molecular weight excluding hydrogens is 308 g/mol. The average molecular weight is 351 g/mol. The molecule has 1 heterocycles. The molecule has 0 fully saturated rings. The summed E-state index contributed by atoms with van der Waals surface area (Å²) in [6, 6.07) is 0.149. The van der Waals surface area contributed by atoms with Crippen molar-refractivity contribution in [1.82, 2.24) is 10.2 Å². The Kier molecular flexibility index (Phi) is 9.53. The number of hydrogen-bond acceptors (Lipinski definition) is 2. The van der Waals surface area contributed by atoms with E-state index in [1.807, 2.05) is 18.7 Å². The Morgan fingerprint density at radius 2 is 1.12 bits per heavy atom. The van der Waals surface area contributed by atoms with E-state index in [9.17, 15) is 4.79 Å². The van der Waals surface area contributed by atoms with Crippen LogP contribution in [0.4, 0.5) is 0 Å². The second kappa shape index (κ2) is 10.0. The highest BCUT2D eigenvalue weighted by molar-refractivity contribution is 5.96. The number of carbonyl (C=O) groups excluding carboxylic acids is 1. The standard InChI is InChI=1S/C20H36N2O.C2H6/c1-11(2)16-17(12(3)4)21-18(13(5)6)19(14(7)8)22(15(9)10)20(16)23;1-2/h11-15,21H,1-10H3;1-2H3. The molecule has 0 aromatic heterocycles. The topological polar surface area (TPSA) is 32.3 Å². The van der Waals surface area contributed by atoms with Crippen molar-refractivity contribution >= 4 is 5.91 Å². The van der Waals surface area contributed by atoms with Crippen LogP contribution in [-0.2, 0) is 4.79 Å². The number of amides is 1. The smallest absolute Gasteiger partial charge is 0.256 e. The first kappa shape index (κ1) is 23.8. The van der Waals surface area contributed by atoms with Crippen molar-refractivity contribution in [3.63, 3.8) is 0 Å². The predicted octanol–water partition coefficient (Wildman–Crippen LogP) is 5.94. The summed E-state index contributed by atoms with van der Waals surface area (Å²) in [5, 5.41) is 3.69. The van der Waals surface area contributed by atoms with Crippen molar-refractivity contribution in [1.29, 1.82) is 0 Å². The minimum absolute atomic E-state index is 0.149. The maximum Gasteiger partial charge on any atom is 0.256 e. The highest BCUT2D eigenvalue weighted by atomic mass is 16.2. The lowest BCUT2D eigenvalue weighted by atomic mass is 9.94. The monoisotopic (exact) mass is 350 g/mol. The fourth-order valence-electron chi connectivity index (χ4n) is 3.32. The fraction of sp³-hybridized carbons (Fsp3) is 0.773. The van der Waals surface area contributed by atoms with Gasteiger partial charge < -0.3 is 10.2 Å². The number of rotatable bonds is 5. The third-order valence-corrected chi connectivity index (χ3v) is 4.34. The quantitative estimate of drug-likeness (QED) is 0.665. The Morgan fingerprint density at radius 1 is 0.680 bits per heavy atom. The van der Waals surface area contributed by atoms with Crippen LogP contribution in [-0.4, -0.2) is 16.8 Å². The zero-order valence-corrected chi connectivity index (χ0v) is 18.7. The summed E-state index contributed by atoms with van der Waals surface area (Å²) in [7, 11) is 0. The van der Waals surface area contributed by atoms with Crippen LogP contribution in [0.5, 0.6) is 0 Å². The van der Waals surface area contributed by atoms with E-state index < -0.39 is 0 Å². The normalized spacial score (nSPS) is 16.2. The molecule has 0 aromatic rings. The van der Waals surface area contributed by atoms with Gasteiger partial charge in [0.25, 0.3) is 5.91 Å². The van der Waals surface area contributed by atoms with Gasteiger partial charge in [-0.1, -0.05) is 69.2 Å². The summed E-state index contributed by atoms with van der Waals surface area (Å²) in [4.78, 5) is 15.4. The highest BCUT2D eigenvalue weighted by Crippen LogP contribution is 2.34. The van der Waals surface area contributed by atoms with E-state index in [-0.39, 0.29) is 17.9 Å². The minimum atomic E-state index is 0.149. The van der Waals surface area contributed by atoms with Gasteiger partial charge in [0.1, 0.15) is 0 Å². The molecule has 3 heteroatoms. The summed E-state index contributed by atoms with van der Waals surface area (Å²) in [6.07, 6.45) is 0. The lowest BCUT2D eigenvalue weighted by molar-refractivity contribution is -0.127. The van der Waals surface area contributed by atoms with Crippen molar-refractivity contribution in [2.45, 2.75) is 89.1 Å². The Balaban J connectivity index is 0.00000277. The maximum atomic E-state index is 13.4. The number of nitrogens with zero attached hydrogens (tertiary/aromatic N) is 1. The molecule has 0 unspecified atom stereocenters. The van der Waals surface area contributed by atoms with E-state index in [1.165, 1.54) is 5.70 Å². The zero-order valence-electron chi connectivity index (χ0n) is 18.7. The Bertz CT molecular complexity index is 508. The summed E-state index contributed by atoms with van der Waals surface area (Å²) in [6.45, 7) is 25.5. The SMILES string of the molecule is CC.CC(C)C1=C(C(C)C)C(=O)N(C(C)C)C(C(C)C)=C(C(C)C)N1. The number of nitrogens with one attached hydrogen (secondary N) is 1. The van der Waals surface area contributed by atoms with Crippen LogP contribution >= 0.6 is 0 Å². The summed E-state index contributed by atoms with van der Waals surface area (Å²) < 4.78 is 0. The number of carbonyl (C=O) groups is 1. The Morgan fingerprint density at radius 3 is 1.40 bits per heavy atom. The first-order chi connectivity index (χ1) is 11.5. The molecule has 0 radical (unpaired) electrons. The van der Waals surface area contributed by atoms with E-state index in [4.69, 9.17) is 0 Å². The molecule has 3 nitrogen and oxygen atoms in total. The lowest BCUT2D eigenvalue weighted by Gasteiger charge is -2.33. The van der Waals surface area contributed by atoms with Crippen LogP contribution in [0.15, 0.2) is 22.7 Å². The van der Waals surface area contributed by atoms with Gasteiger partial charge in [0.15, 0.2) is 0 Å². The van der Waals surface area contributed by atoms with E-state index in [0.29, 0.717) is 17.8 Å². The highest BCUT2D eigenvalue weighted by Gasteiger charge is 2.35. The van der Waals surface area contributed by atoms with E-state index in [0.717, 1.165) is 17.0 Å². The van der Waals surface area contributed by atoms with Gasteiger partial charge in [-0.2, -0.15) is 0 Å². The van der Waals surface area contributed by atoms with E-state index >= 15 is 0 Å². The Hall–Kier alpha value is -1.25. The molecule has 1 N–H and O–H groups in total. The molecular formula is C22H42N2O. The third kappa shape index (κ3) is 5.36. The molecule has 0 spiro atoms. The van der Waals surface area contributed by atoms with Crippen molar-refractivity contribution in [3.05, 3.63) is 22.7 Å². The third-order valence-electron chi connectivity index (χ3n) is 4.34. The molecule has 0 bridgehead atoms. The van der Waals surface area contributed by atoms with Gasteiger partial charge in [-0.3, -0.25) is 4.79 Å². The number of allylic oxidation sites excluding steroid dienone is 3. The van der Waals surface area contributed by atoms with Crippen LogP contribution < -0.4 is 5.32 Å². The van der Waals surface area contributed by atoms with Crippen LogP contribution in [0.25, 0.3) is 0 Å². The molecule has 0 aliphatic carbocycles. The van der Waals surface area contributed by atoms with Gasteiger partial charge in [0.05, 0.1) is 0 Å². The molecule has 0 aromatic carbocycles. The van der Waals surface area contributed by atoms with Crippen molar-refractivity contribution in [2.75, 3.05) is 0 Å². The summed E-state index contributed by atoms with van der Waals surface area (Å²) in [5.74, 6) is 1.32. The van der Waals surface area contributed by atoms with Crippen LogP contribution in [0, 0.1) is 23.7 Å². The zero-order chi connectivity index (χ0) is 20.1. The lowest BCUT2D eigenvalue weighted by Crippen LogP contribution is -2.40. The maximum absolute atomic E-state index is 13.4. The summed E-state index contributed by atoms with van der Waals surface area (Å²) >= 11 is 0. The molecule has 1 aliphatic heterocycles. The summed E-state index contributed by atoms with van der Waals surface area (Å²) in [5.41, 5.74) is 4.37. The van der Waals surface area contributed by atoms with Crippen LogP contribution in [0.2, 0.25) is 0 Å². The molecule has 0 saturated carbocycles. The van der Waals surface area contributed by atoms with Gasteiger partial charge in [-0.25, -0.2) is 0 Å². The Labute approximate surface area is 156 Å². The molecule has 25 heavy (non-hydrogen) atoms. The van der Waals surface area contributed by atoms with E-state index in [1.54, 1.807) is 0 Å². The van der Waals surface area contributed by atoms with Gasteiger partial charge in [0.2, 0.25) is 0 Å². The molecule has 0 saturated heterocycles. The van der Waals surface area contributed by atoms with Gasteiger partial charge >= 0.3 is 0 Å². The molecule has 0 atom stereocenters.